The fourth-order valence-corrected chi connectivity index (χ4v) is 7.75. The van der Waals surface area contributed by atoms with E-state index in [2.05, 4.69) is 0 Å². The van der Waals surface area contributed by atoms with Crippen LogP contribution in [-0.4, -0.2) is 55.3 Å². The van der Waals surface area contributed by atoms with Crippen molar-refractivity contribution in [1.82, 2.24) is 0 Å². The summed E-state index contributed by atoms with van der Waals surface area (Å²) < 4.78 is 32.1. The van der Waals surface area contributed by atoms with Gasteiger partial charge in [0.2, 0.25) is 8.41 Å². The summed E-state index contributed by atoms with van der Waals surface area (Å²) in [5, 5.41) is 10.3. The van der Waals surface area contributed by atoms with Gasteiger partial charge in [0.15, 0.2) is 17.7 Å². The number of esters is 2. The Hall–Kier alpha value is -3.21. The first-order valence-corrected chi connectivity index (χ1v) is 16.8. The summed E-state index contributed by atoms with van der Waals surface area (Å²) in [5.74, 6) is -2.12. The molecular weight excluding hydrogens is 547 g/mol. The Morgan fingerprint density at radius 1 is 1.05 bits per heavy atom. The maximum absolute atomic E-state index is 15.2. The lowest BCUT2D eigenvalue weighted by molar-refractivity contribution is -0.193. The second kappa shape index (κ2) is 10.3. The van der Waals surface area contributed by atoms with Gasteiger partial charge >= 0.3 is 11.9 Å². The Morgan fingerprint density at radius 3 is 2.29 bits per heavy atom. The Morgan fingerprint density at radius 2 is 1.68 bits per heavy atom. The van der Waals surface area contributed by atoms with E-state index in [1.54, 1.807) is 32.2 Å². The van der Waals surface area contributed by atoms with Gasteiger partial charge in [-0.05, 0) is 67.6 Å². The van der Waals surface area contributed by atoms with E-state index >= 15 is 4.11 Å². The molecule has 1 fully saturated rings. The minimum atomic E-state index is -3.00. The fraction of sp³-hybridized carbons (Fsp3) is 0.484. The number of halogens is 1. The van der Waals surface area contributed by atoms with Crippen LogP contribution in [0.4, 0.5) is 4.11 Å². The van der Waals surface area contributed by atoms with Gasteiger partial charge in [-0.2, -0.15) is 0 Å². The van der Waals surface area contributed by atoms with Crippen molar-refractivity contribution in [3.63, 3.8) is 0 Å². The molecule has 0 bridgehead atoms. The molecule has 2 aromatic carbocycles. The van der Waals surface area contributed by atoms with Crippen LogP contribution in [0.2, 0.25) is 18.1 Å². The summed E-state index contributed by atoms with van der Waals surface area (Å²) in [4.78, 5) is 51.7. The van der Waals surface area contributed by atoms with Crippen LogP contribution in [0, 0.1) is 0 Å². The van der Waals surface area contributed by atoms with Crippen molar-refractivity contribution < 1.29 is 42.6 Å². The summed E-state index contributed by atoms with van der Waals surface area (Å²) in [6.45, 7) is 9.48. The van der Waals surface area contributed by atoms with E-state index in [0.29, 0.717) is 30.4 Å². The Bertz CT molecular complexity index is 1470. The number of aliphatic hydroxyl groups is 1. The lowest BCUT2D eigenvalue weighted by Crippen LogP contribution is -2.46. The van der Waals surface area contributed by atoms with Gasteiger partial charge in [0, 0.05) is 42.5 Å². The van der Waals surface area contributed by atoms with Crippen LogP contribution >= 0.6 is 0 Å². The topological polar surface area (TPSA) is 116 Å². The molecule has 10 heteroatoms. The quantitative estimate of drug-likeness (QED) is 0.199. The molecule has 41 heavy (non-hydrogen) atoms. The highest BCUT2D eigenvalue weighted by Gasteiger charge is 2.48. The molecule has 1 saturated heterocycles. The molecule has 8 nitrogen and oxygen atoms in total. The number of fused-ring (bicyclic) bond motifs is 4. The molecule has 5 rings (SSSR count). The average molecular weight is 583 g/mol. The zero-order valence-electron chi connectivity index (χ0n) is 24.1. The molecule has 1 aliphatic heterocycles. The van der Waals surface area contributed by atoms with Gasteiger partial charge in [0.05, 0.1) is 23.9 Å². The monoisotopic (exact) mass is 582 g/mol. The van der Waals surface area contributed by atoms with Gasteiger partial charge in [-0.15, -0.1) is 0 Å². The van der Waals surface area contributed by atoms with Crippen LogP contribution in [0.5, 0.6) is 5.75 Å². The minimum Gasteiger partial charge on any atom is -0.457 e. The maximum Gasteiger partial charge on any atom is 0.308 e. The van der Waals surface area contributed by atoms with Gasteiger partial charge < -0.3 is 23.4 Å². The van der Waals surface area contributed by atoms with E-state index in [1.165, 1.54) is 19.9 Å². The first-order chi connectivity index (χ1) is 19.1. The first kappa shape index (κ1) is 29.3. The molecule has 0 aromatic heterocycles. The average Bonchev–Trinajstić information content (AvgIpc) is 2.87. The normalized spacial score (nSPS) is 27.4. The largest absolute Gasteiger partial charge is 0.457 e. The number of aliphatic hydroxyl groups excluding tert-OH is 1. The van der Waals surface area contributed by atoms with Gasteiger partial charge in [-0.1, -0.05) is 19.1 Å². The minimum absolute atomic E-state index is 0.00850. The summed E-state index contributed by atoms with van der Waals surface area (Å²) in [6, 6.07) is 6.54. The molecule has 2 aromatic rings. The van der Waals surface area contributed by atoms with E-state index in [0.717, 1.165) is 11.1 Å². The van der Waals surface area contributed by atoms with Crippen molar-refractivity contribution in [2.45, 2.75) is 95.9 Å². The lowest BCUT2D eigenvalue weighted by Gasteiger charge is -2.41. The predicted molar refractivity (Wildman–Crippen MR) is 150 cm³/mol. The molecule has 1 heterocycles. The van der Waals surface area contributed by atoms with Gasteiger partial charge in [-0.3, -0.25) is 19.2 Å². The SMILES string of the molecule is CC(=O)Oc1c(C2CC(O)C(OC(C)=O)C(C)O2)ccc2c1C(=O)c1ccc3c(c1C2=O)CCC(C)([Si](C)(C)F)C3. The van der Waals surface area contributed by atoms with E-state index in [4.69, 9.17) is 14.2 Å². The zero-order chi connectivity index (χ0) is 30.0. The van der Waals surface area contributed by atoms with E-state index in [9.17, 15) is 24.3 Å². The third-order valence-electron chi connectivity index (χ3n) is 9.06. The standard InChI is InChI=1S/C31H35FO8Si/c1-15-29(39-16(2)33)23(35)13-24(38-15)20-9-10-22-26(30(20)40-17(3)34)28(37)21-8-7-18-14-31(4,41(5,6)32)12-11-19(18)25(21)27(22)36/h7-10,15,23-24,29,35H,11-14H2,1-6H3. The number of rotatable bonds is 4. The molecule has 5 atom stereocenters. The molecule has 0 spiro atoms. The highest BCUT2D eigenvalue weighted by Crippen LogP contribution is 2.51. The van der Waals surface area contributed by atoms with Crippen LogP contribution < -0.4 is 4.74 Å². The number of carbonyl (C=O) groups excluding carboxylic acids is 4. The number of carbonyl (C=O) groups is 4. The van der Waals surface area contributed by atoms with Crippen molar-refractivity contribution in [2.75, 3.05) is 0 Å². The smallest absolute Gasteiger partial charge is 0.308 e. The van der Waals surface area contributed by atoms with Crippen LogP contribution in [0.25, 0.3) is 0 Å². The summed E-state index contributed by atoms with van der Waals surface area (Å²) in [6.07, 6.45) is -1.85. The van der Waals surface area contributed by atoms with E-state index < -0.39 is 55.6 Å². The third-order valence-corrected chi connectivity index (χ3v) is 12.4. The first-order valence-electron chi connectivity index (χ1n) is 13.9. The van der Waals surface area contributed by atoms with Gasteiger partial charge in [0.1, 0.15) is 5.75 Å². The summed E-state index contributed by atoms with van der Waals surface area (Å²) in [7, 11) is -3.00. The number of benzene rings is 2. The molecule has 3 aliphatic rings. The lowest BCUT2D eigenvalue weighted by atomic mass is 9.74. The van der Waals surface area contributed by atoms with Crippen LogP contribution in [0.15, 0.2) is 24.3 Å². The van der Waals surface area contributed by atoms with Crippen molar-refractivity contribution in [3.8, 4) is 5.75 Å². The molecule has 0 radical (unpaired) electrons. The maximum atomic E-state index is 15.2. The van der Waals surface area contributed by atoms with E-state index in [-0.39, 0.29) is 34.6 Å². The summed E-state index contributed by atoms with van der Waals surface area (Å²) in [5.41, 5.74) is 2.65. The van der Waals surface area contributed by atoms with Crippen molar-refractivity contribution >= 4 is 31.9 Å². The van der Waals surface area contributed by atoms with Crippen LogP contribution in [0.3, 0.4) is 0 Å². The van der Waals surface area contributed by atoms with Crippen LogP contribution in [0.1, 0.15) is 95.2 Å². The van der Waals surface area contributed by atoms with Gasteiger partial charge in [0.25, 0.3) is 0 Å². The molecular formula is C31H35FO8Si. The van der Waals surface area contributed by atoms with Gasteiger partial charge in [-0.25, -0.2) is 0 Å². The number of hydrogen-bond acceptors (Lipinski definition) is 8. The summed E-state index contributed by atoms with van der Waals surface area (Å²) >= 11 is 0. The zero-order valence-corrected chi connectivity index (χ0v) is 25.1. The Kier molecular flexibility index (Phi) is 7.32. The molecule has 2 aliphatic carbocycles. The number of hydrogen-bond donors (Lipinski definition) is 1. The molecule has 1 N–H and O–H groups in total. The van der Waals surface area contributed by atoms with Crippen molar-refractivity contribution in [1.29, 1.82) is 0 Å². The molecule has 218 valence electrons. The molecule has 0 amide bonds. The highest BCUT2D eigenvalue weighted by molar-refractivity contribution is 6.73. The Balaban J connectivity index is 1.57. The second-order valence-electron chi connectivity index (χ2n) is 12.2. The molecule has 0 saturated carbocycles. The molecule has 5 unspecified atom stereocenters. The third kappa shape index (κ3) is 4.95. The predicted octanol–water partition coefficient (Wildman–Crippen LogP) is 4.95. The van der Waals surface area contributed by atoms with E-state index in [1.807, 2.05) is 13.0 Å². The number of ketones is 2. The van der Waals surface area contributed by atoms with Crippen LogP contribution in [-0.2, 0) is 31.9 Å². The fourth-order valence-electron chi connectivity index (χ4n) is 6.42. The van der Waals surface area contributed by atoms with Crippen molar-refractivity contribution in [2.24, 2.45) is 0 Å². The number of ether oxygens (including phenoxy) is 3. The van der Waals surface area contributed by atoms with Crippen molar-refractivity contribution in [3.05, 3.63) is 63.2 Å². The highest BCUT2D eigenvalue weighted by atomic mass is 28.4. The Labute approximate surface area is 239 Å². The second-order valence-corrected chi connectivity index (χ2v) is 16.4.